The lowest BCUT2D eigenvalue weighted by Gasteiger charge is -2.19. The number of aliphatic carboxylic acids is 1. The van der Waals surface area contributed by atoms with E-state index in [0.717, 1.165) is 24.0 Å². The summed E-state index contributed by atoms with van der Waals surface area (Å²) in [7, 11) is 0. The van der Waals surface area contributed by atoms with Crippen LogP contribution in [0.15, 0.2) is 18.2 Å². The van der Waals surface area contributed by atoms with Gasteiger partial charge in [0.05, 0.1) is 0 Å². The summed E-state index contributed by atoms with van der Waals surface area (Å²) in [4.78, 5) is 23.6. The average Bonchev–Trinajstić information content (AvgIpc) is 2.43. The van der Waals surface area contributed by atoms with Crippen molar-refractivity contribution in [1.29, 1.82) is 0 Å². The highest BCUT2D eigenvalue weighted by molar-refractivity contribution is 5.86. The Bertz CT molecular complexity index is 507. The topological polar surface area (TPSA) is 75.6 Å². The van der Waals surface area contributed by atoms with E-state index in [-0.39, 0.29) is 0 Å². The fraction of sp³-hybridized carbons (Fsp3) is 0.529. The summed E-state index contributed by atoms with van der Waals surface area (Å²) in [5, 5.41) is 11.9. The molecule has 0 saturated carbocycles. The Morgan fingerprint density at radius 1 is 1.23 bits per heavy atom. The van der Waals surface area contributed by atoms with E-state index in [1.807, 2.05) is 26.8 Å². The molecule has 5 nitrogen and oxygen atoms in total. The summed E-state index contributed by atoms with van der Waals surface area (Å²) in [5.74, 6) is -1.50. The summed E-state index contributed by atoms with van der Waals surface area (Å²) in [5.41, 5.74) is 2.49. The van der Waals surface area contributed by atoms with Gasteiger partial charge in [-0.25, -0.2) is 4.79 Å². The van der Waals surface area contributed by atoms with Crippen molar-refractivity contribution in [1.82, 2.24) is 5.32 Å². The molecule has 0 heterocycles. The van der Waals surface area contributed by atoms with E-state index in [4.69, 9.17) is 4.74 Å². The number of hydrogen-bond acceptors (Lipinski definition) is 3. The summed E-state index contributed by atoms with van der Waals surface area (Å²) in [6, 6.07) is 4.44. The first-order valence-electron chi connectivity index (χ1n) is 7.58. The maximum absolute atomic E-state index is 12.1. The van der Waals surface area contributed by atoms with Crippen LogP contribution in [0.5, 0.6) is 0 Å². The van der Waals surface area contributed by atoms with Crippen LogP contribution in [0.1, 0.15) is 49.4 Å². The molecule has 0 radical (unpaired) electrons. The van der Waals surface area contributed by atoms with Crippen molar-refractivity contribution in [3.8, 4) is 0 Å². The fourth-order valence-electron chi connectivity index (χ4n) is 2.20. The second kappa shape index (κ2) is 8.54. The van der Waals surface area contributed by atoms with E-state index >= 15 is 0 Å². The van der Waals surface area contributed by atoms with E-state index in [0.29, 0.717) is 12.2 Å². The van der Waals surface area contributed by atoms with Crippen molar-refractivity contribution in [2.24, 2.45) is 0 Å². The minimum atomic E-state index is -1.08. The van der Waals surface area contributed by atoms with Crippen molar-refractivity contribution in [2.45, 2.75) is 52.7 Å². The van der Waals surface area contributed by atoms with Gasteiger partial charge in [-0.2, -0.15) is 0 Å². The van der Waals surface area contributed by atoms with Crippen LogP contribution in [0.25, 0.3) is 0 Å². The van der Waals surface area contributed by atoms with Crippen LogP contribution in [0.3, 0.4) is 0 Å². The van der Waals surface area contributed by atoms with Crippen LogP contribution in [0.4, 0.5) is 0 Å². The molecule has 0 spiro atoms. The molecular formula is C17H25NO4. The molecule has 0 fully saturated rings. The molecule has 0 bridgehead atoms. The molecule has 122 valence electrons. The zero-order valence-corrected chi connectivity index (χ0v) is 13.7. The molecule has 1 amide bonds. The highest BCUT2D eigenvalue weighted by Crippen LogP contribution is 2.18. The van der Waals surface area contributed by atoms with Gasteiger partial charge in [-0.05, 0) is 32.8 Å². The number of rotatable bonds is 8. The van der Waals surface area contributed by atoms with Crippen LogP contribution < -0.4 is 5.32 Å². The zero-order valence-electron chi connectivity index (χ0n) is 13.7. The number of nitrogens with one attached hydrogen (secondary N) is 1. The predicted molar refractivity (Wildman–Crippen MR) is 84.8 cm³/mol. The third-order valence-electron chi connectivity index (χ3n) is 3.35. The van der Waals surface area contributed by atoms with Gasteiger partial charge in [0, 0.05) is 6.61 Å². The van der Waals surface area contributed by atoms with E-state index < -0.39 is 24.0 Å². The number of carboxylic acid groups (broad SMARTS) is 1. The maximum atomic E-state index is 12.1. The minimum absolute atomic E-state index is 0.414. The molecule has 0 aliphatic heterocycles. The van der Waals surface area contributed by atoms with Crippen LogP contribution in [-0.4, -0.2) is 29.7 Å². The number of carbonyl (C=O) groups excluding carboxylic acids is 1. The Morgan fingerprint density at radius 3 is 2.32 bits per heavy atom. The Hall–Kier alpha value is -1.88. The standard InChI is InChI=1S/C17H25NO4/c1-5-6-7-22-13(4)16(19)18-15(17(20)21)14-9-11(2)8-12(3)10-14/h8-10,13,15H,5-7H2,1-4H3,(H,18,19)(H,20,21). The Kier molecular flexibility index (Phi) is 7.05. The van der Waals surface area contributed by atoms with Gasteiger partial charge >= 0.3 is 5.97 Å². The van der Waals surface area contributed by atoms with Crippen LogP contribution >= 0.6 is 0 Å². The molecule has 22 heavy (non-hydrogen) atoms. The van der Waals surface area contributed by atoms with Gasteiger partial charge in [0.15, 0.2) is 6.04 Å². The van der Waals surface area contributed by atoms with Crippen LogP contribution in [-0.2, 0) is 14.3 Å². The third kappa shape index (κ3) is 5.48. The molecule has 1 aromatic rings. The van der Waals surface area contributed by atoms with Crippen LogP contribution in [0.2, 0.25) is 0 Å². The molecule has 0 aliphatic rings. The van der Waals surface area contributed by atoms with Gasteiger partial charge in [0.25, 0.3) is 0 Å². The first kappa shape index (κ1) is 18.2. The first-order chi connectivity index (χ1) is 10.3. The van der Waals surface area contributed by atoms with E-state index in [1.54, 1.807) is 19.1 Å². The highest BCUT2D eigenvalue weighted by Gasteiger charge is 2.25. The molecule has 2 unspecified atom stereocenters. The molecule has 2 atom stereocenters. The van der Waals surface area contributed by atoms with E-state index in [1.165, 1.54) is 0 Å². The van der Waals surface area contributed by atoms with Crippen LogP contribution in [0, 0.1) is 13.8 Å². The Labute approximate surface area is 131 Å². The second-order valence-corrected chi connectivity index (χ2v) is 5.57. The third-order valence-corrected chi connectivity index (χ3v) is 3.35. The normalized spacial score (nSPS) is 13.5. The zero-order chi connectivity index (χ0) is 16.7. The minimum Gasteiger partial charge on any atom is -0.479 e. The number of benzene rings is 1. The van der Waals surface area contributed by atoms with Gasteiger partial charge < -0.3 is 15.2 Å². The average molecular weight is 307 g/mol. The maximum Gasteiger partial charge on any atom is 0.330 e. The van der Waals surface area contributed by atoms with Gasteiger partial charge in [-0.15, -0.1) is 0 Å². The molecular weight excluding hydrogens is 282 g/mol. The highest BCUT2D eigenvalue weighted by atomic mass is 16.5. The first-order valence-corrected chi connectivity index (χ1v) is 7.58. The molecule has 1 rings (SSSR count). The summed E-state index contributed by atoms with van der Waals surface area (Å²) in [6.45, 7) is 7.95. The largest absolute Gasteiger partial charge is 0.479 e. The Balaban J connectivity index is 2.80. The van der Waals surface area contributed by atoms with Crippen molar-refractivity contribution in [3.63, 3.8) is 0 Å². The van der Waals surface area contributed by atoms with Gasteiger partial charge in [-0.1, -0.05) is 42.7 Å². The van der Waals surface area contributed by atoms with Gasteiger partial charge in [0.2, 0.25) is 5.91 Å². The number of unbranched alkanes of at least 4 members (excludes halogenated alkanes) is 1. The number of hydrogen-bond donors (Lipinski definition) is 2. The summed E-state index contributed by atoms with van der Waals surface area (Å²) in [6.07, 6.45) is 1.19. The second-order valence-electron chi connectivity index (χ2n) is 5.57. The molecule has 0 saturated heterocycles. The molecule has 2 N–H and O–H groups in total. The lowest BCUT2D eigenvalue weighted by molar-refractivity contribution is -0.144. The number of ether oxygens (including phenoxy) is 1. The van der Waals surface area contributed by atoms with E-state index in [9.17, 15) is 14.7 Å². The van der Waals surface area contributed by atoms with Crippen molar-refractivity contribution < 1.29 is 19.4 Å². The van der Waals surface area contributed by atoms with Gasteiger partial charge in [0.1, 0.15) is 6.10 Å². The molecule has 5 heteroatoms. The van der Waals surface area contributed by atoms with Crippen molar-refractivity contribution in [2.75, 3.05) is 6.61 Å². The van der Waals surface area contributed by atoms with Crippen molar-refractivity contribution in [3.05, 3.63) is 34.9 Å². The SMILES string of the molecule is CCCCOC(C)C(=O)NC(C(=O)O)c1cc(C)cc(C)c1. The Morgan fingerprint density at radius 2 is 1.82 bits per heavy atom. The van der Waals surface area contributed by atoms with E-state index in [2.05, 4.69) is 5.32 Å². The summed E-state index contributed by atoms with van der Waals surface area (Å²) >= 11 is 0. The lowest BCUT2D eigenvalue weighted by atomic mass is 10.0. The lowest BCUT2D eigenvalue weighted by Crippen LogP contribution is -2.40. The number of carbonyl (C=O) groups is 2. The van der Waals surface area contributed by atoms with Crippen molar-refractivity contribution >= 4 is 11.9 Å². The molecule has 1 aromatic carbocycles. The monoisotopic (exact) mass is 307 g/mol. The predicted octanol–water partition coefficient (Wildman–Crippen LogP) is 2.75. The number of aryl methyl sites for hydroxylation is 2. The summed E-state index contributed by atoms with van der Waals surface area (Å²) < 4.78 is 5.40. The smallest absolute Gasteiger partial charge is 0.330 e. The number of carboxylic acids is 1. The molecule has 0 aromatic heterocycles. The molecule has 0 aliphatic carbocycles. The quantitative estimate of drug-likeness (QED) is 0.724. The fourth-order valence-corrected chi connectivity index (χ4v) is 2.20. The van der Waals surface area contributed by atoms with Gasteiger partial charge in [-0.3, -0.25) is 4.79 Å². The number of amides is 1.